The molecule has 4 aromatic rings. The summed E-state index contributed by atoms with van der Waals surface area (Å²) in [7, 11) is -2.14. The van der Waals surface area contributed by atoms with Gasteiger partial charge in [-0.3, -0.25) is 14.3 Å². The van der Waals surface area contributed by atoms with Gasteiger partial charge in [-0.05, 0) is 49.7 Å². The average molecular weight is 580 g/mol. The number of nitrogens with zero attached hydrogens (tertiary/aromatic N) is 7. The summed E-state index contributed by atoms with van der Waals surface area (Å²) in [6.45, 7) is 9.69. The molecule has 1 aromatic carbocycles. The minimum atomic E-state index is -3.76. The van der Waals surface area contributed by atoms with E-state index in [9.17, 15) is 13.2 Å². The van der Waals surface area contributed by atoms with Crippen LogP contribution in [0.15, 0.2) is 52.4 Å². The molecule has 3 aromatic heterocycles. The van der Waals surface area contributed by atoms with Crippen molar-refractivity contribution in [2.24, 2.45) is 7.05 Å². The molecule has 1 fully saturated rings. The molecule has 5 rings (SSSR count). The van der Waals surface area contributed by atoms with Gasteiger partial charge in [-0.15, -0.1) is 0 Å². The number of hydrogen-bond donors (Lipinski definition) is 0. The molecule has 4 heterocycles. The van der Waals surface area contributed by atoms with Crippen LogP contribution in [-0.2, 0) is 23.5 Å². The van der Waals surface area contributed by atoms with Gasteiger partial charge in [0.15, 0.2) is 5.52 Å². The number of hydrogen-bond acceptors (Lipinski definition) is 8. The van der Waals surface area contributed by atoms with E-state index in [2.05, 4.69) is 28.8 Å². The first-order valence-electron chi connectivity index (χ1n) is 14.2. The Balaban J connectivity index is 1.68. The van der Waals surface area contributed by atoms with Crippen molar-refractivity contribution in [1.29, 1.82) is 0 Å². The summed E-state index contributed by atoms with van der Waals surface area (Å²) in [4.78, 5) is 25.2. The number of aryl methyl sites for hydroxylation is 1. The lowest BCUT2D eigenvalue weighted by Crippen LogP contribution is -2.48. The first kappa shape index (κ1) is 28.9. The van der Waals surface area contributed by atoms with Crippen LogP contribution in [-0.4, -0.2) is 81.3 Å². The normalized spacial score (nSPS) is 15.0. The van der Waals surface area contributed by atoms with Crippen molar-refractivity contribution in [2.75, 3.05) is 39.3 Å². The highest BCUT2D eigenvalue weighted by Crippen LogP contribution is 2.33. The number of ether oxygens (including phenoxy) is 1. The van der Waals surface area contributed by atoms with Crippen LogP contribution in [0.1, 0.15) is 39.3 Å². The smallest absolute Gasteiger partial charge is 0.281 e. The quantitative estimate of drug-likeness (QED) is 0.281. The number of sulfonamides is 1. The Morgan fingerprint density at radius 1 is 1.00 bits per heavy atom. The molecule has 1 aliphatic heterocycles. The van der Waals surface area contributed by atoms with E-state index in [-0.39, 0.29) is 16.0 Å². The first-order chi connectivity index (χ1) is 19.8. The zero-order valence-corrected chi connectivity index (χ0v) is 24.9. The monoisotopic (exact) mass is 579 g/mol. The first-order valence-corrected chi connectivity index (χ1v) is 15.6. The third-order valence-corrected chi connectivity index (χ3v) is 9.34. The van der Waals surface area contributed by atoms with E-state index in [0.717, 1.165) is 30.8 Å². The third kappa shape index (κ3) is 5.51. The van der Waals surface area contributed by atoms with Gasteiger partial charge < -0.3 is 9.64 Å². The molecule has 0 radical (unpaired) electrons. The maximum Gasteiger partial charge on any atom is 0.281 e. The molecular formula is C29H37N7O4S. The van der Waals surface area contributed by atoms with Crippen molar-refractivity contribution >= 4 is 21.1 Å². The minimum Gasteiger partial charge on any atom is -0.493 e. The molecule has 1 saturated heterocycles. The Bertz CT molecular complexity index is 1690. The van der Waals surface area contributed by atoms with Crippen molar-refractivity contribution in [2.45, 2.75) is 44.9 Å². The Labute approximate surface area is 240 Å². The number of pyridine rings is 1. The molecule has 0 atom stereocenters. The number of likely N-dealkylation sites (N-methyl/N-ethyl adjacent to an activating group) is 1. The molecule has 0 spiro atoms. The molecule has 11 nitrogen and oxygen atoms in total. The predicted molar refractivity (Wildman–Crippen MR) is 158 cm³/mol. The van der Waals surface area contributed by atoms with Crippen LogP contribution >= 0.6 is 0 Å². The topological polar surface area (TPSA) is 115 Å². The van der Waals surface area contributed by atoms with Gasteiger partial charge in [-0.25, -0.2) is 18.1 Å². The van der Waals surface area contributed by atoms with Gasteiger partial charge >= 0.3 is 0 Å². The number of piperazine rings is 1. The van der Waals surface area contributed by atoms with Gasteiger partial charge in [0.2, 0.25) is 10.0 Å². The third-order valence-electron chi connectivity index (χ3n) is 7.44. The van der Waals surface area contributed by atoms with E-state index < -0.39 is 10.0 Å². The second-order valence-corrected chi connectivity index (χ2v) is 12.1. The molecule has 0 saturated carbocycles. The molecule has 218 valence electrons. The number of rotatable bonds is 10. The molecule has 0 N–H and O–H groups in total. The maximum atomic E-state index is 13.7. The zero-order valence-electron chi connectivity index (χ0n) is 24.1. The summed E-state index contributed by atoms with van der Waals surface area (Å²) in [5.74, 6) is 0.796. The fraction of sp³-hybridized carbons (Fsp3) is 0.448. The molecule has 41 heavy (non-hydrogen) atoms. The van der Waals surface area contributed by atoms with Crippen molar-refractivity contribution in [3.8, 4) is 22.8 Å². The summed E-state index contributed by atoms with van der Waals surface area (Å²) < 4.78 is 38.1. The Morgan fingerprint density at radius 2 is 1.78 bits per heavy atom. The van der Waals surface area contributed by atoms with Crippen LogP contribution in [0, 0.1) is 0 Å². The van der Waals surface area contributed by atoms with Crippen LogP contribution in [0.2, 0.25) is 0 Å². The predicted octanol–water partition coefficient (Wildman–Crippen LogP) is 3.25. The molecule has 0 unspecified atom stereocenters. The summed E-state index contributed by atoms with van der Waals surface area (Å²) in [6.07, 6.45) is 5.61. The highest BCUT2D eigenvalue weighted by Gasteiger charge is 2.30. The Kier molecular flexibility index (Phi) is 8.52. The maximum absolute atomic E-state index is 13.7. The standard InChI is InChI=1S/C29H37N7O4S/c1-5-9-24-26-27(32-36(24)21-10-8-13-30-20-21)29(37)33(4)28(31-26)23-19-22(11-12-25(23)40-18-6-2)41(38,39)35-16-14-34(7-3)15-17-35/h8,10-13,19-20H,5-7,9,14-18H2,1-4H3. The lowest BCUT2D eigenvalue weighted by molar-refractivity contribution is 0.196. The van der Waals surface area contributed by atoms with Crippen LogP contribution in [0.3, 0.4) is 0 Å². The van der Waals surface area contributed by atoms with Gasteiger partial charge in [-0.2, -0.15) is 9.40 Å². The Hall–Kier alpha value is -3.61. The number of benzene rings is 1. The van der Waals surface area contributed by atoms with Gasteiger partial charge in [0, 0.05) is 39.4 Å². The van der Waals surface area contributed by atoms with E-state index >= 15 is 0 Å². The highest BCUT2D eigenvalue weighted by molar-refractivity contribution is 7.89. The van der Waals surface area contributed by atoms with E-state index in [4.69, 9.17) is 9.72 Å². The second kappa shape index (κ2) is 12.1. The lowest BCUT2D eigenvalue weighted by Gasteiger charge is -2.33. The summed E-state index contributed by atoms with van der Waals surface area (Å²) in [5.41, 5.74) is 2.39. The average Bonchev–Trinajstić information content (AvgIpc) is 3.36. The van der Waals surface area contributed by atoms with Crippen molar-refractivity contribution in [3.05, 3.63) is 58.8 Å². The SMILES string of the molecule is CCCOc1ccc(S(=O)(=O)N2CCN(CC)CC2)cc1-c1nc2c(CCC)n(-c3cccnc3)nc2c(=O)n1C. The molecule has 1 aliphatic rings. The summed E-state index contributed by atoms with van der Waals surface area (Å²) >= 11 is 0. The summed E-state index contributed by atoms with van der Waals surface area (Å²) in [5, 5.41) is 4.64. The van der Waals surface area contributed by atoms with Crippen molar-refractivity contribution in [3.63, 3.8) is 0 Å². The van der Waals surface area contributed by atoms with E-state index in [1.54, 1.807) is 42.3 Å². The molecule has 0 amide bonds. The molecule has 0 bridgehead atoms. The van der Waals surface area contributed by atoms with Gasteiger partial charge in [-0.1, -0.05) is 27.2 Å². The second-order valence-electron chi connectivity index (χ2n) is 10.2. The zero-order chi connectivity index (χ0) is 29.1. The minimum absolute atomic E-state index is 0.149. The molecule has 0 aliphatic carbocycles. The fourth-order valence-corrected chi connectivity index (χ4v) is 6.60. The number of aromatic nitrogens is 5. The lowest BCUT2D eigenvalue weighted by atomic mass is 10.1. The van der Waals surface area contributed by atoms with Crippen LogP contribution in [0.5, 0.6) is 5.75 Å². The molecular weight excluding hydrogens is 542 g/mol. The van der Waals surface area contributed by atoms with Crippen LogP contribution in [0.4, 0.5) is 0 Å². The van der Waals surface area contributed by atoms with E-state index in [1.165, 1.54) is 8.87 Å². The van der Waals surface area contributed by atoms with E-state index in [1.807, 2.05) is 19.1 Å². The summed E-state index contributed by atoms with van der Waals surface area (Å²) in [6, 6.07) is 8.54. The van der Waals surface area contributed by atoms with Gasteiger partial charge in [0.25, 0.3) is 5.56 Å². The van der Waals surface area contributed by atoms with Crippen LogP contribution in [0.25, 0.3) is 28.1 Å². The van der Waals surface area contributed by atoms with Crippen molar-refractivity contribution in [1.82, 2.24) is 33.5 Å². The largest absolute Gasteiger partial charge is 0.493 e. The fourth-order valence-electron chi connectivity index (χ4n) is 5.15. The van der Waals surface area contributed by atoms with E-state index in [0.29, 0.717) is 61.9 Å². The van der Waals surface area contributed by atoms with Gasteiger partial charge in [0.1, 0.15) is 17.1 Å². The highest BCUT2D eigenvalue weighted by atomic mass is 32.2. The van der Waals surface area contributed by atoms with Gasteiger partial charge in [0.05, 0.1) is 34.6 Å². The Morgan fingerprint density at radius 3 is 2.44 bits per heavy atom. The number of fused-ring (bicyclic) bond motifs is 1. The van der Waals surface area contributed by atoms with Crippen LogP contribution < -0.4 is 10.3 Å². The van der Waals surface area contributed by atoms with Crippen molar-refractivity contribution < 1.29 is 13.2 Å². The molecule has 12 heteroatoms.